The Morgan fingerprint density at radius 1 is 1.21 bits per heavy atom. The molecule has 1 N–H and O–H groups in total. The van der Waals surface area contributed by atoms with Crippen molar-refractivity contribution < 1.29 is 4.79 Å². The summed E-state index contributed by atoms with van der Waals surface area (Å²) in [5.41, 5.74) is 2.96. The van der Waals surface area contributed by atoms with Gasteiger partial charge in [-0.2, -0.15) is 0 Å². The highest BCUT2D eigenvalue weighted by Gasteiger charge is 2.05. The van der Waals surface area contributed by atoms with Crippen LogP contribution in [0.5, 0.6) is 0 Å². The van der Waals surface area contributed by atoms with E-state index in [9.17, 15) is 4.79 Å². The molecule has 0 atom stereocenters. The number of anilines is 2. The zero-order chi connectivity index (χ0) is 13.8. The van der Waals surface area contributed by atoms with Crippen LogP contribution in [0.25, 0.3) is 0 Å². The van der Waals surface area contributed by atoms with E-state index in [0.29, 0.717) is 6.42 Å². The summed E-state index contributed by atoms with van der Waals surface area (Å²) in [5.74, 6) is 0.00352. The van der Waals surface area contributed by atoms with E-state index >= 15 is 0 Å². The summed E-state index contributed by atoms with van der Waals surface area (Å²) in [6, 6.07) is 9.75. The van der Waals surface area contributed by atoms with Gasteiger partial charge in [-0.25, -0.2) is 0 Å². The lowest BCUT2D eigenvalue weighted by Crippen LogP contribution is -2.14. The normalized spacial score (nSPS) is 10.3. The van der Waals surface area contributed by atoms with E-state index in [0.717, 1.165) is 16.9 Å². The highest BCUT2D eigenvalue weighted by atomic mass is 16.1. The minimum absolute atomic E-state index is 0.00352. The first-order chi connectivity index (χ1) is 9.04. The van der Waals surface area contributed by atoms with Gasteiger partial charge in [0, 0.05) is 44.9 Å². The van der Waals surface area contributed by atoms with E-state index in [1.165, 1.54) is 0 Å². The summed E-state index contributed by atoms with van der Waals surface area (Å²) in [7, 11) is 5.92. The molecule has 19 heavy (non-hydrogen) atoms. The van der Waals surface area contributed by atoms with E-state index in [4.69, 9.17) is 0 Å². The standard InChI is InChI=1S/C15H19N3O/c1-17(2)14-6-4-13(5-7-14)16-15(19)10-12-8-9-18(3)11-12/h4-9,11H,10H2,1-3H3,(H,16,19). The number of aryl methyl sites for hydroxylation is 1. The van der Waals surface area contributed by atoms with Crippen LogP contribution in [0.15, 0.2) is 42.7 Å². The minimum Gasteiger partial charge on any atom is -0.378 e. The monoisotopic (exact) mass is 257 g/mol. The summed E-state index contributed by atoms with van der Waals surface area (Å²) in [6.07, 6.45) is 4.29. The van der Waals surface area contributed by atoms with Crippen molar-refractivity contribution >= 4 is 17.3 Å². The van der Waals surface area contributed by atoms with Crippen LogP contribution in [-0.4, -0.2) is 24.6 Å². The molecular formula is C15H19N3O. The van der Waals surface area contributed by atoms with Gasteiger partial charge in [-0.05, 0) is 35.9 Å². The van der Waals surface area contributed by atoms with Crippen LogP contribution < -0.4 is 10.2 Å². The molecule has 2 rings (SSSR count). The summed E-state index contributed by atoms with van der Waals surface area (Å²) in [4.78, 5) is 13.9. The lowest BCUT2D eigenvalue weighted by atomic mass is 10.2. The number of rotatable bonds is 4. The van der Waals surface area contributed by atoms with Crippen molar-refractivity contribution in [1.29, 1.82) is 0 Å². The molecule has 0 spiro atoms. The Hall–Kier alpha value is -2.23. The van der Waals surface area contributed by atoms with Crippen LogP contribution in [-0.2, 0) is 18.3 Å². The van der Waals surface area contributed by atoms with Crippen LogP contribution in [0.3, 0.4) is 0 Å². The maximum atomic E-state index is 11.9. The lowest BCUT2D eigenvalue weighted by molar-refractivity contribution is -0.115. The molecule has 0 fully saturated rings. The largest absolute Gasteiger partial charge is 0.378 e. The number of benzene rings is 1. The molecule has 0 unspecified atom stereocenters. The molecule has 0 radical (unpaired) electrons. The molecule has 0 saturated heterocycles. The first-order valence-electron chi connectivity index (χ1n) is 6.22. The maximum absolute atomic E-state index is 11.9. The van der Waals surface area contributed by atoms with E-state index in [-0.39, 0.29) is 5.91 Å². The molecule has 1 amide bonds. The van der Waals surface area contributed by atoms with Gasteiger partial charge in [0.15, 0.2) is 0 Å². The third-order valence-corrected chi connectivity index (χ3v) is 2.93. The fourth-order valence-corrected chi connectivity index (χ4v) is 1.90. The number of hydrogen-bond donors (Lipinski definition) is 1. The van der Waals surface area contributed by atoms with Gasteiger partial charge >= 0.3 is 0 Å². The van der Waals surface area contributed by atoms with Gasteiger partial charge in [0.05, 0.1) is 6.42 Å². The first-order valence-corrected chi connectivity index (χ1v) is 6.22. The van der Waals surface area contributed by atoms with Crippen molar-refractivity contribution in [3.8, 4) is 0 Å². The number of hydrogen-bond acceptors (Lipinski definition) is 2. The van der Waals surface area contributed by atoms with Gasteiger partial charge in [-0.3, -0.25) is 4.79 Å². The average Bonchev–Trinajstić information content (AvgIpc) is 2.75. The predicted octanol–water partition coefficient (Wildman–Crippen LogP) is 2.27. The van der Waals surface area contributed by atoms with Crippen LogP contribution >= 0.6 is 0 Å². The molecule has 0 saturated carbocycles. The molecule has 0 aliphatic rings. The number of amides is 1. The predicted molar refractivity (Wildman–Crippen MR) is 78.5 cm³/mol. The zero-order valence-electron chi connectivity index (χ0n) is 11.6. The number of carbonyl (C=O) groups excluding carboxylic acids is 1. The van der Waals surface area contributed by atoms with E-state index in [1.807, 2.05) is 73.3 Å². The molecule has 0 bridgehead atoms. The second kappa shape index (κ2) is 5.61. The van der Waals surface area contributed by atoms with Crippen molar-refractivity contribution in [1.82, 2.24) is 4.57 Å². The van der Waals surface area contributed by atoms with Gasteiger partial charge < -0.3 is 14.8 Å². The average molecular weight is 257 g/mol. The van der Waals surface area contributed by atoms with Gasteiger partial charge in [0.1, 0.15) is 0 Å². The number of carbonyl (C=O) groups is 1. The smallest absolute Gasteiger partial charge is 0.228 e. The quantitative estimate of drug-likeness (QED) is 0.912. The van der Waals surface area contributed by atoms with Crippen LogP contribution in [0.1, 0.15) is 5.56 Å². The summed E-state index contributed by atoms with van der Waals surface area (Å²) in [5, 5.41) is 2.90. The SMILES string of the molecule is CN(C)c1ccc(NC(=O)Cc2ccn(C)c2)cc1. The number of nitrogens with zero attached hydrogens (tertiary/aromatic N) is 2. The van der Waals surface area contributed by atoms with Gasteiger partial charge in [0.2, 0.25) is 5.91 Å². The van der Waals surface area contributed by atoms with Crippen molar-refractivity contribution in [3.05, 3.63) is 48.3 Å². The number of aromatic nitrogens is 1. The van der Waals surface area contributed by atoms with Crippen molar-refractivity contribution in [2.45, 2.75) is 6.42 Å². The van der Waals surface area contributed by atoms with Crippen molar-refractivity contribution in [2.24, 2.45) is 7.05 Å². The molecule has 1 aromatic carbocycles. The second-order valence-electron chi connectivity index (χ2n) is 4.85. The Kier molecular flexibility index (Phi) is 3.90. The molecule has 4 nitrogen and oxygen atoms in total. The third kappa shape index (κ3) is 3.61. The summed E-state index contributed by atoms with van der Waals surface area (Å²) in [6.45, 7) is 0. The van der Waals surface area contributed by atoms with E-state index < -0.39 is 0 Å². The van der Waals surface area contributed by atoms with Crippen molar-refractivity contribution in [2.75, 3.05) is 24.3 Å². The highest BCUT2D eigenvalue weighted by Crippen LogP contribution is 2.15. The molecule has 1 aromatic heterocycles. The Balaban J connectivity index is 1.95. The molecule has 100 valence electrons. The Morgan fingerprint density at radius 2 is 1.89 bits per heavy atom. The van der Waals surface area contributed by atoms with Crippen molar-refractivity contribution in [3.63, 3.8) is 0 Å². The molecule has 1 heterocycles. The molecule has 0 aliphatic heterocycles. The lowest BCUT2D eigenvalue weighted by Gasteiger charge is -2.13. The highest BCUT2D eigenvalue weighted by molar-refractivity contribution is 5.92. The third-order valence-electron chi connectivity index (χ3n) is 2.93. The summed E-state index contributed by atoms with van der Waals surface area (Å²) < 4.78 is 1.94. The van der Waals surface area contributed by atoms with Gasteiger partial charge in [-0.15, -0.1) is 0 Å². The van der Waals surface area contributed by atoms with E-state index in [1.54, 1.807) is 0 Å². The minimum atomic E-state index is 0.00352. The molecule has 4 heteroatoms. The van der Waals surface area contributed by atoms with Gasteiger partial charge in [-0.1, -0.05) is 0 Å². The molecular weight excluding hydrogens is 238 g/mol. The van der Waals surface area contributed by atoms with Crippen LogP contribution in [0, 0.1) is 0 Å². The van der Waals surface area contributed by atoms with Crippen LogP contribution in [0.4, 0.5) is 11.4 Å². The topological polar surface area (TPSA) is 37.3 Å². The fourth-order valence-electron chi connectivity index (χ4n) is 1.90. The fraction of sp³-hybridized carbons (Fsp3) is 0.267. The number of nitrogens with one attached hydrogen (secondary N) is 1. The first kappa shape index (κ1) is 13.2. The Labute approximate surface area is 113 Å². The Morgan fingerprint density at radius 3 is 2.42 bits per heavy atom. The second-order valence-corrected chi connectivity index (χ2v) is 4.85. The maximum Gasteiger partial charge on any atom is 0.228 e. The molecule has 0 aliphatic carbocycles. The molecule has 2 aromatic rings. The summed E-state index contributed by atoms with van der Waals surface area (Å²) >= 11 is 0. The van der Waals surface area contributed by atoms with E-state index in [2.05, 4.69) is 5.32 Å². The van der Waals surface area contributed by atoms with Crippen LogP contribution in [0.2, 0.25) is 0 Å². The Bertz CT molecular complexity index is 555. The van der Waals surface area contributed by atoms with Gasteiger partial charge in [0.25, 0.3) is 0 Å². The zero-order valence-corrected chi connectivity index (χ0v) is 11.6.